The zero-order valence-electron chi connectivity index (χ0n) is 21.5. The molecule has 0 aromatic heterocycles. The number of hydrogen-bond donors (Lipinski definition) is 2. The van der Waals surface area contributed by atoms with Crippen molar-refractivity contribution in [2.45, 2.75) is 57.9 Å². The second-order valence-electron chi connectivity index (χ2n) is 9.51. The molecule has 2 N–H and O–H groups in total. The van der Waals surface area contributed by atoms with Crippen molar-refractivity contribution >= 4 is 11.9 Å². The number of nitrogens with zero attached hydrogens (tertiary/aromatic N) is 4. The SMILES string of the molecule is CCN1CCN(C2CCN(CC3CCCN(CC)C3)CC2)CC1.O=C(O)C(F)(F)F.O=C(O)C(F)(F)F. The predicted octanol–water partition coefficient (Wildman–Crippen LogP) is 3.09. The highest BCUT2D eigenvalue weighted by Gasteiger charge is 2.39. The lowest BCUT2D eigenvalue weighted by atomic mass is 9.95. The van der Waals surface area contributed by atoms with Crippen LogP contribution in [0.2, 0.25) is 0 Å². The molecule has 0 saturated carbocycles. The molecule has 37 heavy (non-hydrogen) atoms. The van der Waals surface area contributed by atoms with Crippen LogP contribution in [0.1, 0.15) is 39.5 Å². The number of likely N-dealkylation sites (N-methyl/N-ethyl adjacent to an activating group) is 1. The van der Waals surface area contributed by atoms with E-state index in [-0.39, 0.29) is 0 Å². The fourth-order valence-electron chi connectivity index (χ4n) is 4.86. The maximum Gasteiger partial charge on any atom is 0.490 e. The molecule has 0 aliphatic carbocycles. The van der Waals surface area contributed by atoms with Crippen LogP contribution >= 0.6 is 0 Å². The van der Waals surface area contributed by atoms with Gasteiger partial charge >= 0.3 is 24.3 Å². The highest BCUT2D eigenvalue weighted by atomic mass is 19.4. The third-order valence-corrected chi connectivity index (χ3v) is 6.98. The Kier molecular flexibility index (Phi) is 14.2. The molecule has 0 bridgehead atoms. The summed E-state index contributed by atoms with van der Waals surface area (Å²) in [5.41, 5.74) is 0. The summed E-state index contributed by atoms with van der Waals surface area (Å²) in [5, 5.41) is 14.2. The molecule has 3 aliphatic rings. The van der Waals surface area contributed by atoms with Gasteiger partial charge < -0.3 is 24.9 Å². The summed E-state index contributed by atoms with van der Waals surface area (Å²) in [6, 6.07) is 0.865. The number of halogens is 6. The Morgan fingerprint density at radius 1 is 0.703 bits per heavy atom. The van der Waals surface area contributed by atoms with E-state index in [1.165, 1.54) is 97.7 Å². The normalized spacial score (nSPS) is 23.4. The van der Waals surface area contributed by atoms with Gasteiger partial charge in [-0.3, -0.25) is 4.90 Å². The highest BCUT2D eigenvalue weighted by molar-refractivity contribution is 5.73. The summed E-state index contributed by atoms with van der Waals surface area (Å²) in [4.78, 5) is 28.6. The molecule has 3 rings (SSSR count). The van der Waals surface area contributed by atoms with Crippen molar-refractivity contribution in [2.75, 3.05) is 72.0 Å². The molecule has 218 valence electrons. The van der Waals surface area contributed by atoms with Crippen LogP contribution in [0, 0.1) is 5.92 Å². The van der Waals surface area contributed by atoms with Crippen molar-refractivity contribution in [3.8, 4) is 0 Å². The summed E-state index contributed by atoms with van der Waals surface area (Å²) >= 11 is 0. The van der Waals surface area contributed by atoms with E-state index in [0.29, 0.717) is 0 Å². The fraction of sp³-hybridized carbons (Fsp3) is 0.913. The largest absolute Gasteiger partial charge is 0.490 e. The molecule has 0 spiro atoms. The summed E-state index contributed by atoms with van der Waals surface area (Å²) < 4.78 is 63.5. The maximum atomic E-state index is 10.6. The van der Waals surface area contributed by atoms with E-state index in [1.54, 1.807) is 0 Å². The lowest BCUT2D eigenvalue weighted by molar-refractivity contribution is -0.193. The van der Waals surface area contributed by atoms with E-state index in [9.17, 15) is 26.3 Å². The monoisotopic (exact) mass is 550 g/mol. The number of piperidine rings is 2. The average molecular weight is 551 g/mol. The minimum absolute atomic E-state index is 0.865. The van der Waals surface area contributed by atoms with Gasteiger partial charge in [-0.05, 0) is 64.3 Å². The number of piperazine rings is 1. The summed E-state index contributed by atoms with van der Waals surface area (Å²) in [5.74, 6) is -4.59. The molecule has 3 heterocycles. The minimum Gasteiger partial charge on any atom is -0.475 e. The second kappa shape index (κ2) is 15.7. The number of alkyl halides is 6. The van der Waals surface area contributed by atoms with Crippen molar-refractivity contribution in [1.82, 2.24) is 19.6 Å². The standard InChI is InChI=1S/C19H38N4.2C2HF3O2/c1-3-20-12-14-23(15-13-20)19-7-10-22(11-8-19)17-18-6-5-9-21(4-2)16-18;2*3-2(4,5)1(6)7/h18-19H,3-17H2,1-2H3;2*(H,6,7). The predicted molar refractivity (Wildman–Crippen MR) is 125 cm³/mol. The number of aliphatic carboxylic acids is 2. The Morgan fingerprint density at radius 3 is 1.57 bits per heavy atom. The molecule has 8 nitrogen and oxygen atoms in total. The summed E-state index contributed by atoms with van der Waals surface area (Å²) in [7, 11) is 0. The van der Waals surface area contributed by atoms with Crippen LogP contribution in [0.3, 0.4) is 0 Å². The zero-order valence-corrected chi connectivity index (χ0v) is 21.5. The molecule has 3 aliphatic heterocycles. The number of hydrogen-bond acceptors (Lipinski definition) is 6. The molecule has 3 saturated heterocycles. The van der Waals surface area contributed by atoms with Crippen LogP contribution in [0.15, 0.2) is 0 Å². The van der Waals surface area contributed by atoms with Crippen LogP contribution in [0.25, 0.3) is 0 Å². The van der Waals surface area contributed by atoms with Gasteiger partial charge in [0.15, 0.2) is 0 Å². The maximum absolute atomic E-state index is 10.6. The van der Waals surface area contributed by atoms with Crippen LogP contribution in [0.5, 0.6) is 0 Å². The molecular weight excluding hydrogens is 510 g/mol. The Hall–Kier alpha value is -1.64. The first kappa shape index (κ1) is 33.4. The first-order chi connectivity index (χ1) is 17.2. The van der Waals surface area contributed by atoms with E-state index in [0.717, 1.165) is 12.0 Å². The molecule has 14 heteroatoms. The van der Waals surface area contributed by atoms with E-state index in [1.807, 2.05) is 0 Å². The van der Waals surface area contributed by atoms with Gasteiger partial charge in [-0.15, -0.1) is 0 Å². The molecule has 0 radical (unpaired) electrons. The lowest BCUT2D eigenvalue weighted by Crippen LogP contribution is -2.53. The van der Waals surface area contributed by atoms with Gasteiger partial charge in [-0.2, -0.15) is 26.3 Å². The number of rotatable bonds is 5. The Balaban J connectivity index is 0.000000404. The molecule has 0 aromatic rings. The summed E-state index contributed by atoms with van der Waals surface area (Å²) in [6.45, 7) is 18.9. The van der Waals surface area contributed by atoms with E-state index < -0.39 is 24.3 Å². The van der Waals surface area contributed by atoms with Crippen LogP contribution in [-0.4, -0.2) is 132 Å². The Labute approximate surface area is 214 Å². The number of likely N-dealkylation sites (tertiary alicyclic amines) is 2. The van der Waals surface area contributed by atoms with Gasteiger partial charge in [0.2, 0.25) is 0 Å². The van der Waals surface area contributed by atoms with Crippen molar-refractivity contribution in [3.63, 3.8) is 0 Å². The van der Waals surface area contributed by atoms with Crippen molar-refractivity contribution in [1.29, 1.82) is 0 Å². The van der Waals surface area contributed by atoms with Gasteiger partial charge in [-0.1, -0.05) is 13.8 Å². The Bertz CT molecular complexity index is 655. The number of carboxylic acid groups (broad SMARTS) is 2. The van der Waals surface area contributed by atoms with Crippen molar-refractivity contribution in [2.24, 2.45) is 5.92 Å². The smallest absolute Gasteiger partial charge is 0.475 e. The van der Waals surface area contributed by atoms with Gasteiger partial charge in [-0.25, -0.2) is 9.59 Å². The lowest BCUT2D eigenvalue weighted by Gasteiger charge is -2.43. The quantitative estimate of drug-likeness (QED) is 0.506. The molecule has 0 aromatic carbocycles. The number of carbonyl (C=O) groups is 2. The zero-order chi connectivity index (χ0) is 28.2. The van der Waals surface area contributed by atoms with Crippen LogP contribution in [-0.2, 0) is 9.59 Å². The minimum atomic E-state index is -5.08. The van der Waals surface area contributed by atoms with Gasteiger partial charge in [0.25, 0.3) is 0 Å². The summed E-state index contributed by atoms with van der Waals surface area (Å²) in [6.07, 6.45) is -4.50. The van der Waals surface area contributed by atoms with Crippen LogP contribution < -0.4 is 0 Å². The molecule has 1 atom stereocenters. The Morgan fingerprint density at radius 2 is 1.16 bits per heavy atom. The highest BCUT2D eigenvalue weighted by Crippen LogP contribution is 2.22. The van der Waals surface area contributed by atoms with E-state index in [2.05, 4.69) is 33.4 Å². The van der Waals surface area contributed by atoms with Gasteiger partial charge in [0.1, 0.15) is 0 Å². The third kappa shape index (κ3) is 13.1. The van der Waals surface area contributed by atoms with Crippen molar-refractivity contribution in [3.05, 3.63) is 0 Å². The third-order valence-electron chi connectivity index (χ3n) is 6.98. The van der Waals surface area contributed by atoms with E-state index >= 15 is 0 Å². The van der Waals surface area contributed by atoms with Crippen LogP contribution in [0.4, 0.5) is 26.3 Å². The first-order valence-corrected chi connectivity index (χ1v) is 12.7. The fourth-order valence-corrected chi connectivity index (χ4v) is 4.86. The molecule has 3 fully saturated rings. The second-order valence-corrected chi connectivity index (χ2v) is 9.51. The van der Waals surface area contributed by atoms with Gasteiger partial charge in [0.05, 0.1) is 0 Å². The molecule has 1 unspecified atom stereocenters. The topological polar surface area (TPSA) is 87.6 Å². The molecule has 0 amide bonds. The molecular formula is C23H40F6N4O4. The first-order valence-electron chi connectivity index (χ1n) is 12.7. The average Bonchev–Trinajstić information content (AvgIpc) is 2.84. The van der Waals surface area contributed by atoms with E-state index in [4.69, 9.17) is 19.8 Å². The van der Waals surface area contributed by atoms with Crippen molar-refractivity contribution < 1.29 is 46.1 Å². The number of carboxylic acids is 2. The van der Waals surface area contributed by atoms with Gasteiger partial charge in [0, 0.05) is 45.3 Å².